The van der Waals surface area contributed by atoms with Crippen molar-refractivity contribution < 1.29 is 38.3 Å². The van der Waals surface area contributed by atoms with Gasteiger partial charge in [-0.05, 0) is 0 Å². The molecule has 0 aromatic heterocycles. The molecule has 6 nitrogen and oxygen atoms in total. The van der Waals surface area contributed by atoms with Gasteiger partial charge in [-0.3, -0.25) is 4.79 Å². The minimum Gasteiger partial charge on any atom is -0.392 e. The zero-order valence-corrected chi connectivity index (χ0v) is 11.2. The number of hydrogen-bond donors (Lipinski definition) is 3. The zero-order valence-electron chi connectivity index (χ0n) is 7.31. The third-order valence-electron chi connectivity index (χ3n) is 1.00. The second-order valence-electron chi connectivity index (χ2n) is 2.15. The molecular formula is C5H13N2O4PZn. The molecule has 0 saturated heterocycles. The smallest absolute Gasteiger partial charge is 0.380 e. The van der Waals surface area contributed by atoms with Crippen LogP contribution in [0.5, 0.6) is 0 Å². The molecule has 0 aromatic carbocycles. The summed E-state index contributed by atoms with van der Waals surface area (Å²) in [5.74, 6) is -0.767. The Labute approximate surface area is 89.3 Å². The van der Waals surface area contributed by atoms with Gasteiger partial charge in [-0.15, -0.1) is 0 Å². The first-order valence-corrected chi connectivity index (χ1v) is 5.22. The van der Waals surface area contributed by atoms with Gasteiger partial charge < -0.3 is 20.9 Å². The molecule has 0 rings (SSSR count). The average Bonchev–Trinajstić information content (AvgIpc) is 1.85. The van der Waals surface area contributed by atoms with E-state index < -0.39 is 13.6 Å². The summed E-state index contributed by atoms with van der Waals surface area (Å²) < 4.78 is 15.1. The van der Waals surface area contributed by atoms with Gasteiger partial charge in [-0.25, -0.2) is 4.57 Å². The van der Waals surface area contributed by atoms with E-state index in [0.29, 0.717) is 0 Å². The Bertz CT molecular complexity index is 201. The summed E-state index contributed by atoms with van der Waals surface area (Å²) in [5, 5.41) is 0. The predicted octanol–water partition coefficient (Wildman–Crippen LogP) is -0.980. The minimum atomic E-state index is -3.81. The fraction of sp³-hybridized carbons (Fsp3) is 0.800. The van der Waals surface area contributed by atoms with Gasteiger partial charge in [-0.2, -0.15) is 0 Å². The predicted molar refractivity (Wildman–Crippen MR) is 43.5 cm³/mol. The molecule has 0 aromatic rings. The van der Waals surface area contributed by atoms with Crippen LogP contribution in [0.2, 0.25) is 0 Å². The average molecular weight is 262 g/mol. The van der Waals surface area contributed by atoms with Crippen LogP contribution in [0.4, 0.5) is 0 Å². The van der Waals surface area contributed by atoms with Gasteiger partial charge in [0.25, 0.3) is 0 Å². The number of rotatable bonds is 5. The molecular weight excluding hydrogens is 248 g/mol. The van der Waals surface area contributed by atoms with Crippen LogP contribution in [0.3, 0.4) is 0 Å². The van der Waals surface area contributed by atoms with Crippen LogP contribution >= 0.6 is 7.60 Å². The van der Waals surface area contributed by atoms with Crippen molar-refractivity contribution in [3.8, 4) is 0 Å². The van der Waals surface area contributed by atoms with Gasteiger partial charge >= 0.3 is 13.6 Å². The van der Waals surface area contributed by atoms with Gasteiger partial charge in [0, 0.05) is 32.6 Å². The van der Waals surface area contributed by atoms with Gasteiger partial charge in [0.1, 0.15) is 0 Å². The molecule has 0 amide bonds. The molecule has 13 heavy (non-hydrogen) atoms. The van der Waals surface area contributed by atoms with Gasteiger partial charge in [-0.1, -0.05) is 0 Å². The van der Waals surface area contributed by atoms with Crippen LogP contribution in [-0.4, -0.2) is 30.1 Å². The van der Waals surface area contributed by atoms with Gasteiger partial charge in [0.05, 0.1) is 12.6 Å². The molecule has 0 saturated carbocycles. The Morgan fingerprint density at radius 1 is 1.38 bits per heavy atom. The van der Waals surface area contributed by atoms with Crippen molar-refractivity contribution in [3.05, 3.63) is 0 Å². The van der Waals surface area contributed by atoms with E-state index in [1.165, 1.54) is 0 Å². The molecule has 0 bridgehead atoms. The summed E-state index contributed by atoms with van der Waals surface area (Å²) in [5.41, 5.74) is 10.0. The third-order valence-corrected chi connectivity index (χ3v) is 2.32. The van der Waals surface area contributed by atoms with Crippen LogP contribution in [0.15, 0.2) is 0 Å². The molecule has 0 spiro atoms. The summed E-state index contributed by atoms with van der Waals surface area (Å²) in [7, 11) is -3.81. The summed E-state index contributed by atoms with van der Waals surface area (Å²) in [6.45, 7) is 0.102. The molecule has 8 heteroatoms. The van der Waals surface area contributed by atoms with Crippen LogP contribution < -0.4 is 11.5 Å². The maximum atomic E-state index is 10.9. The molecule has 74 valence electrons. The van der Waals surface area contributed by atoms with Crippen molar-refractivity contribution in [3.63, 3.8) is 0 Å². The topological polar surface area (TPSA) is 116 Å². The van der Waals surface area contributed by atoms with Crippen molar-refractivity contribution in [2.24, 2.45) is 11.5 Å². The molecule has 0 aliphatic rings. The van der Waals surface area contributed by atoms with E-state index in [4.69, 9.17) is 16.4 Å². The maximum absolute atomic E-state index is 10.9. The molecule has 0 heterocycles. The van der Waals surface area contributed by atoms with E-state index >= 15 is 0 Å². The van der Waals surface area contributed by atoms with Crippen molar-refractivity contribution in [2.75, 3.05) is 19.3 Å². The summed E-state index contributed by atoms with van der Waals surface area (Å²) in [6, 6.07) is 0. The molecule has 0 aliphatic carbocycles. The monoisotopic (exact) mass is 260 g/mol. The Balaban J connectivity index is 0. The number of nitrogens with two attached hydrogens (primary N) is 2. The van der Waals surface area contributed by atoms with E-state index in [1.54, 1.807) is 0 Å². The fourth-order valence-corrected chi connectivity index (χ4v) is 1.36. The van der Waals surface area contributed by atoms with Crippen molar-refractivity contribution in [1.29, 1.82) is 0 Å². The first-order valence-electron chi connectivity index (χ1n) is 3.46. The molecule has 0 radical (unpaired) electrons. The SMILES string of the molecule is NCCC(=O)OP(=O)(O)CCN.[Zn]. The van der Waals surface area contributed by atoms with Crippen LogP contribution in [0.25, 0.3) is 0 Å². The molecule has 1 atom stereocenters. The van der Waals surface area contributed by atoms with Crippen molar-refractivity contribution in [2.45, 2.75) is 6.42 Å². The second kappa shape index (κ2) is 7.59. The normalized spacial score (nSPS) is 14.1. The fourth-order valence-electron chi connectivity index (χ4n) is 0.531. The number of hydrogen-bond acceptors (Lipinski definition) is 5. The Kier molecular flexibility index (Phi) is 9.15. The Morgan fingerprint density at radius 2 is 1.92 bits per heavy atom. The van der Waals surface area contributed by atoms with Gasteiger partial charge in [0.15, 0.2) is 0 Å². The summed E-state index contributed by atoms with van der Waals surface area (Å²) >= 11 is 0. The third kappa shape index (κ3) is 8.53. The molecule has 0 fully saturated rings. The number of carbonyl (C=O) groups is 1. The zero-order chi connectivity index (χ0) is 9.61. The quantitative estimate of drug-likeness (QED) is 0.433. The summed E-state index contributed by atoms with van der Waals surface area (Å²) in [4.78, 5) is 19.6. The second-order valence-corrected chi connectivity index (χ2v) is 4.06. The standard InChI is InChI=1S/C5H13N2O4P.Zn/c6-2-1-5(8)11-12(9,10)4-3-7;/h1-4,6-7H2,(H,9,10);. The first kappa shape index (κ1) is 15.7. The Morgan fingerprint density at radius 3 is 2.31 bits per heavy atom. The van der Waals surface area contributed by atoms with Crippen LogP contribution in [0, 0.1) is 0 Å². The minimum absolute atomic E-state index is 0. The van der Waals surface area contributed by atoms with E-state index in [0.717, 1.165) is 0 Å². The Hall–Kier alpha value is 0.203. The van der Waals surface area contributed by atoms with E-state index in [1.807, 2.05) is 0 Å². The van der Waals surface area contributed by atoms with E-state index in [2.05, 4.69) is 4.52 Å². The van der Waals surface area contributed by atoms with Crippen molar-refractivity contribution >= 4 is 13.6 Å². The first-order chi connectivity index (χ1) is 5.52. The van der Waals surface area contributed by atoms with E-state index in [-0.39, 0.29) is 45.2 Å². The van der Waals surface area contributed by atoms with Crippen LogP contribution in [-0.2, 0) is 33.4 Å². The van der Waals surface area contributed by atoms with Gasteiger partial charge in [0.2, 0.25) is 0 Å². The molecule has 0 aliphatic heterocycles. The van der Waals surface area contributed by atoms with Crippen molar-refractivity contribution in [1.82, 2.24) is 0 Å². The largest absolute Gasteiger partial charge is 0.392 e. The van der Waals surface area contributed by atoms with Crippen LogP contribution in [0.1, 0.15) is 6.42 Å². The molecule has 5 N–H and O–H groups in total. The molecule has 1 unspecified atom stereocenters. The maximum Gasteiger partial charge on any atom is 0.380 e. The van der Waals surface area contributed by atoms with E-state index in [9.17, 15) is 9.36 Å². The summed E-state index contributed by atoms with van der Waals surface area (Å²) in [6.07, 6.45) is -0.279. The number of carbonyl (C=O) groups excluding carboxylic acids is 1.